The van der Waals surface area contributed by atoms with Crippen molar-refractivity contribution in [2.24, 2.45) is 13.0 Å². The van der Waals surface area contributed by atoms with E-state index in [-0.39, 0.29) is 12.7 Å². The maximum Gasteiger partial charge on any atom is 0.409 e. The van der Waals surface area contributed by atoms with E-state index < -0.39 is 37.1 Å². The minimum atomic E-state index is -4.37. The SMILES string of the molecule is Cc1nc(-c2nnn(C)c2COC(=O)N(C)CCC(F)(F)F)ccc1O[C@H]1CCC[C@H](C(=O)O)C1. The van der Waals surface area contributed by atoms with E-state index in [1.165, 1.54) is 11.7 Å². The van der Waals surface area contributed by atoms with E-state index in [0.717, 1.165) is 17.7 Å². The van der Waals surface area contributed by atoms with Crippen molar-refractivity contribution in [3.63, 3.8) is 0 Å². The summed E-state index contributed by atoms with van der Waals surface area (Å²) in [5, 5.41) is 17.3. The zero-order chi connectivity index (χ0) is 25.8. The molecular formula is C22H28F3N5O5. The number of aromatic nitrogens is 4. The van der Waals surface area contributed by atoms with Gasteiger partial charge in [-0.1, -0.05) is 5.21 Å². The minimum Gasteiger partial charge on any atom is -0.489 e. The Balaban J connectivity index is 1.66. The van der Waals surface area contributed by atoms with Crippen molar-refractivity contribution in [2.45, 2.75) is 57.9 Å². The number of carboxylic acids is 1. The van der Waals surface area contributed by atoms with Crippen molar-refractivity contribution in [1.29, 1.82) is 0 Å². The number of hydrogen-bond acceptors (Lipinski definition) is 7. The van der Waals surface area contributed by atoms with Gasteiger partial charge in [0.2, 0.25) is 0 Å². The van der Waals surface area contributed by atoms with Gasteiger partial charge in [0.15, 0.2) is 0 Å². The highest BCUT2D eigenvalue weighted by molar-refractivity contribution is 5.70. The molecule has 0 bridgehead atoms. The molecule has 1 aliphatic carbocycles. The Labute approximate surface area is 200 Å². The summed E-state index contributed by atoms with van der Waals surface area (Å²) in [7, 11) is 2.82. The topological polar surface area (TPSA) is 120 Å². The average molecular weight is 499 g/mol. The molecule has 0 unspecified atom stereocenters. The van der Waals surface area contributed by atoms with Crippen LogP contribution in [0.5, 0.6) is 5.75 Å². The van der Waals surface area contributed by atoms with Crippen molar-refractivity contribution in [2.75, 3.05) is 13.6 Å². The van der Waals surface area contributed by atoms with Crippen molar-refractivity contribution in [3.8, 4) is 17.1 Å². The predicted molar refractivity (Wildman–Crippen MR) is 116 cm³/mol. The number of amides is 1. The molecule has 2 aromatic rings. The molecule has 1 saturated carbocycles. The van der Waals surface area contributed by atoms with Crippen LogP contribution in [0.3, 0.4) is 0 Å². The average Bonchev–Trinajstić information content (AvgIpc) is 3.17. The molecule has 0 spiro atoms. The van der Waals surface area contributed by atoms with Gasteiger partial charge in [-0.15, -0.1) is 5.10 Å². The Hall–Kier alpha value is -3.38. The molecule has 3 rings (SSSR count). The van der Waals surface area contributed by atoms with Crippen molar-refractivity contribution >= 4 is 12.1 Å². The van der Waals surface area contributed by atoms with Crippen LogP contribution in [0.25, 0.3) is 11.4 Å². The number of alkyl halides is 3. The number of carboxylic acid groups (broad SMARTS) is 1. The Bertz CT molecular complexity index is 1060. The van der Waals surface area contributed by atoms with E-state index in [0.29, 0.717) is 41.4 Å². The summed E-state index contributed by atoms with van der Waals surface area (Å²) in [4.78, 5) is 28.8. The first-order valence-electron chi connectivity index (χ1n) is 11.1. The van der Waals surface area contributed by atoms with Crippen molar-refractivity contribution in [1.82, 2.24) is 24.9 Å². The lowest BCUT2D eigenvalue weighted by Gasteiger charge is -2.27. The lowest BCUT2D eigenvalue weighted by Crippen LogP contribution is -2.31. The molecule has 0 saturated heterocycles. The minimum absolute atomic E-state index is 0.211. The molecule has 35 heavy (non-hydrogen) atoms. The molecule has 0 radical (unpaired) electrons. The van der Waals surface area contributed by atoms with Gasteiger partial charge in [0, 0.05) is 20.6 Å². The molecule has 2 heterocycles. The van der Waals surface area contributed by atoms with Gasteiger partial charge in [0.05, 0.1) is 29.8 Å². The van der Waals surface area contributed by atoms with E-state index in [1.807, 2.05) is 0 Å². The number of halogens is 3. The van der Waals surface area contributed by atoms with E-state index >= 15 is 0 Å². The van der Waals surface area contributed by atoms with Crippen LogP contribution in [0.4, 0.5) is 18.0 Å². The number of ether oxygens (including phenoxy) is 2. The van der Waals surface area contributed by atoms with E-state index in [4.69, 9.17) is 9.47 Å². The first-order valence-corrected chi connectivity index (χ1v) is 11.1. The largest absolute Gasteiger partial charge is 0.489 e. The Morgan fingerprint density at radius 2 is 2.03 bits per heavy atom. The van der Waals surface area contributed by atoms with Crippen LogP contribution in [0.15, 0.2) is 12.1 Å². The molecule has 2 atom stereocenters. The summed E-state index contributed by atoms with van der Waals surface area (Å²) in [6.45, 7) is 0.975. The fourth-order valence-electron chi connectivity index (χ4n) is 3.82. The summed E-state index contributed by atoms with van der Waals surface area (Å²) in [6.07, 6.45) is -3.99. The van der Waals surface area contributed by atoms with Crippen LogP contribution in [-0.2, 0) is 23.2 Å². The van der Waals surface area contributed by atoms with Gasteiger partial charge in [0.25, 0.3) is 0 Å². The lowest BCUT2D eigenvalue weighted by atomic mass is 9.87. The Kier molecular flexibility index (Phi) is 8.18. The van der Waals surface area contributed by atoms with Crippen LogP contribution >= 0.6 is 0 Å². The number of rotatable bonds is 8. The van der Waals surface area contributed by atoms with Crippen LogP contribution < -0.4 is 4.74 Å². The van der Waals surface area contributed by atoms with Gasteiger partial charge in [-0.2, -0.15) is 13.2 Å². The fourth-order valence-corrected chi connectivity index (χ4v) is 3.82. The Morgan fingerprint density at radius 3 is 2.69 bits per heavy atom. The highest BCUT2D eigenvalue weighted by atomic mass is 19.4. The maximum absolute atomic E-state index is 12.4. The first-order chi connectivity index (χ1) is 16.4. The van der Waals surface area contributed by atoms with Crippen molar-refractivity contribution in [3.05, 3.63) is 23.5 Å². The molecule has 192 valence electrons. The fraction of sp³-hybridized carbons (Fsp3) is 0.591. The van der Waals surface area contributed by atoms with Gasteiger partial charge >= 0.3 is 18.2 Å². The van der Waals surface area contributed by atoms with Gasteiger partial charge in [-0.05, 0) is 44.7 Å². The van der Waals surface area contributed by atoms with Gasteiger partial charge in [0.1, 0.15) is 23.7 Å². The number of nitrogens with zero attached hydrogens (tertiary/aromatic N) is 5. The molecule has 1 amide bonds. The summed E-state index contributed by atoms with van der Waals surface area (Å²) >= 11 is 0. The standard InChI is InChI=1S/C22H28F3N5O5/c1-13-18(35-15-6-4-5-14(11-15)20(31)32)8-7-16(26-13)19-17(30(3)28-27-19)12-34-21(33)29(2)10-9-22(23,24)25/h7-8,14-15H,4-6,9-12H2,1-3H3,(H,31,32)/t14-,15-/m0/s1. The second kappa shape index (κ2) is 10.9. The summed E-state index contributed by atoms with van der Waals surface area (Å²) in [5.41, 5.74) is 1.79. The molecule has 1 N–H and O–H groups in total. The quantitative estimate of drug-likeness (QED) is 0.584. The molecule has 0 aromatic carbocycles. The highest BCUT2D eigenvalue weighted by Crippen LogP contribution is 2.30. The third-order valence-electron chi connectivity index (χ3n) is 5.87. The number of hydrogen-bond donors (Lipinski definition) is 1. The number of aliphatic carboxylic acids is 1. The second-order valence-electron chi connectivity index (χ2n) is 8.57. The molecule has 1 aliphatic rings. The Morgan fingerprint density at radius 1 is 1.29 bits per heavy atom. The highest BCUT2D eigenvalue weighted by Gasteiger charge is 2.30. The molecule has 0 aliphatic heterocycles. The molecule has 1 fully saturated rings. The predicted octanol–water partition coefficient (Wildman–Crippen LogP) is 3.73. The molecular weight excluding hydrogens is 471 g/mol. The van der Waals surface area contributed by atoms with Crippen LogP contribution in [0, 0.1) is 12.8 Å². The van der Waals surface area contributed by atoms with Crippen LogP contribution in [-0.4, -0.2) is 67.9 Å². The summed E-state index contributed by atoms with van der Waals surface area (Å²) in [6, 6.07) is 3.39. The number of pyridine rings is 1. The summed E-state index contributed by atoms with van der Waals surface area (Å²) < 4.78 is 49.7. The third kappa shape index (κ3) is 7.06. The second-order valence-corrected chi connectivity index (χ2v) is 8.57. The molecule has 13 heteroatoms. The third-order valence-corrected chi connectivity index (χ3v) is 5.87. The number of carbonyl (C=O) groups is 2. The van der Waals surface area contributed by atoms with Gasteiger partial charge in [-0.3, -0.25) is 4.79 Å². The smallest absolute Gasteiger partial charge is 0.409 e. The van der Waals surface area contributed by atoms with E-state index in [9.17, 15) is 27.9 Å². The van der Waals surface area contributed by atoms with Crippen LogP contribution in [0.1, 0.15) is 43.5 Å². The van der Waals surface area contributed by atoms with E-state index in [1.54, 1.807) is 26.1 Å². The normalized spacial score (nSPS) is 18.2. The zero-order valence-electron chi connectivity index (χ0n) is 19.7. The first kappa shape index (κ1) is 26.2. The zero-order valence-corrected chi connectivity index (χ0v) is 19.7. The monoisotopic (exact) mass is 499 g/mol. The van der Waals surface area contributed by atoms with E-state index in [2.05, 4.69) is 15.3 Å². The number of carbonyl (C=O) groups excluding carboxylic acids is 1. The van der Waals surface area contributed by atoms with Gasteiger partial charge < -0.3 is 19.5 Å². The maximum atomic E-state index is 12.4. The lowest BCUT2D eigenvalue weighted by molar-refractivity contribution is -0.144. The van der Waals surface area contributed by atoms with Gasteiger partial charge in [-0.25, -0.2) is 14.5 Å². The summed E-state index contributed by atoms with van der Waals surface area (Å²) in [5.74, 6) is -0.697. The van der Waals surface area contributed by atoms with Crippen LogP contribution in [0.2, 0.25) is 0 Å². The molecule has 2 aromatic heterocycles. The van der Waals surface area contributed by atoms with Crippen molar-refractivity contribution < 1.29 is 37.3 Å². The molecule has 10 nitrogen and oxygen atoms in total. The number of aryl methyl sites for hydroxylation is 2.